The lowest BCUT2D eigenvalue weighted by molar-refractivity contribution is 0.0131. The highest BCUT2D eigenvalue weighted by atomic mass is 35.5. The summed E-state index contributed by atoms with van der Waals surface area (Å²) in [5, 5.41) is 9.50. The molecule has 10 heteroatoms. The Bertz CT molecular complexity index is 1480. The van der Waals surface area contributed by atoms with E-state index in [-0.39, 0.29) is 23.5 Å². The van der Waals surface area contributed by atoms with Gasteiger partial charge < -0.3 is 19.5 Å². The number of hydrogen-bond acceptors (Lipinski definition) is 7. The number of allylic oxidation sites excluding steroid dienone is 1. The third-order valence-electron chi connectivity index (χ3n) is 9.78. The lowest BCUT2D eigenvalue weighted by Crippen LogP contribution is -2.49. The summed E-state index contributed by atoms with van der Waals surface area (Å²) in [5.74, 6) is 0.674. The first-order valence-corrected chi connectivity index (χ1v) is 16.8. The molecule has 1 amide bonds. The number of nitrogens with one attached hydrogen (secondary N) is 1. The molecule has 42 heavy (non-hydrogen) atoms. The number of aliphatic hydroxyl groups excluding tert-OH is 1. The van der Waals surface area contributed by atoms with Gasteiger partial charge in [0.05, 0.1) is 25.0 Å². The predicted octanol–water partition coefficient (Wildman–Crippen LogP) is 4.62. The zero-order chi connectivity index (χ0) is 29.5. The maximum absolute atomic E-state index is 13.3. The molecule has 0 aromatic heterocycles. The minimum atomic E-state index is -4.10. The Balaban J connectivity index is 1.42. The van der Waals surface area contributed by atoms with E-state index < -0.39 is 27.8 Å². The molecule has 2 aromatic carbocycles. The Kier molecular flexibility index (Phi) is 8.30. The van der Waals surface area contributed by atoms with Gasteiger partial charge in [-0.2, -0.15) is 0 Å². The number of ether oxygens (including phenoxy) is 2. The van der Waals surface area contributed by atoms with Crippen molar-refractivity contribution in [3.63, 3.8) is 0 Å². The van der Waals surface area contributed by atoms with Crippen molar-refractivity contribution < 1.29 is 27.8 Å². The topological polar surface area (TPSA) is 105 Å². The molecule has 2 aliphatic carbocycles. The molecule has 0 radical (unpaired) electrons. The minimum Gasteiger partial charge on any atom is -0.490 e. The smallest absolute Gasteiger partial charge is 0.264 e. The maximum atomic E-state index is 13.3. The second-order valence-electron chi connectivity index (χ2n) is 12.3. The molecule has 226 valence electrons. The first-order chi connectivity index (χ1) is 20.2. The fourth-order valence-corrected chi connectivity index (χ4v) is 8.70. The lowest BCUT2D eigenvalue weighted by atomic mass is 9.68. The van der Waals surface area contributed by atoms with Crippen LogP contribution in [0.5, 0.6) is 5.75 Å². The molecule has 2 bridgehead atoms. The number of fused-ring (bicyclic) bond motifs is 4. The Labute approximate surface area is 253 Å². The zero-order valence-corrected chi connectivity index (χ0v) is 25.5. The number of aliphatic hydroxyl groups is 1. The number of methoxy groups -OCH3 is 1. The van der Waals surface area contributed by atoms with E-state index in [0.29, 0.717) is 37.2 Å². The van der Waals surface area contributed by atoms with Crippen molar-refractivity contribution in [1.29, 1.82) is 0 Å². The van der Waals surface area contributed by atoms with E-state index in [1.54, 1.807) is 25.3 Å². The number of carbonyl (C=O) groups excluding carboxylic acids is 1. The third-order valence-corrected chi connectivity index (χ3v) is 11.8. The standard InChI is InChI=1S/C32H39ClN2O6S/c1-40-29-7-3-2-6-25(18-36)42(38,39)34-31(37)22-9-13-30-28(16-22)35(17-23-8-11-26(23)29)19-32(20-41-30)14-4-5-21-15-24(33)10-12-27(21)32/h3,7,9-10,12-13,15-16,23,25-26,29,36H,2,4-6,8,11,14,17-20H2,1H3,(H,34,37)/b7-3-/t23-,25+,26+,29-,32-/m0/s1. The zero-order valence-electron chi connectivity index (χ0n) is 23.9. The Morgan fingerprint density at radius 3 is 2.81 bits per heavy atom. The van der Waals surface area contributed by atoms with Crippen molar-refractivity contribution in [2.75, 3.05) is 38.3 Å². The molecule has 1 saturated carbocycles. The predicted molar refractivity (Wildman–Crippen MR) is 163 cm³/mol. The quantitative estimate of drug-likeness (QED) is 0.476. The number of rotatable bonds is 2. The highest BCUT2D eigenvalue weighted by Gasteiger charge is 2.44. The number of carbonyl (C=O) groups is 1. The van der Waals surface area contributed by atoms with Gasteiger partial charge in [-0.1, -0.05) is 29.8 Å². The van der Waals surface area contributed by atoms with Crippen LogP contribution in [0.1, 0.15) is 60.0 Å². The fourth-order valence-electron chi connectivity index (χ4n) is 7.32. The van der Waals surface area contributed by atoms with Gasteiger partial charge in [0.2, 0.25) is 10.0 Å². The first kappa shape index (κ1) is 29.5. The SMILES string of the molecule is CO[C@H]1/C=C\CC[C@H](CO)S(=O)(=O)NC(=O)c2ccc3c(c2)N(C[C@@H]2CC[C@H]21)C[C@@]1(CCCc2cc(Cl)ccc21)CO3. The average Bonchev–Trinajstić information content (AvgIpc) is 3.10. The van der Waals surface area contributed by atoms with E-state index in [1.807, 2.05) is 18.2 Å². The molecule has 0 saturated heterocycles. The number of nitrogens with zero attached hydrogens (tertiary/aromatic N) is 1. The van der Waals surface area contributed by atoms with Gasteiger partial charge in [0, 0.05) is 36.2 Å². The van der Waals surface area contributed by atoms with E-state index in [4.69, 9.17) is 21.1 Å². The minimum absolute atomic E-state index is 0.0823. The van der Waals surface area contributed by atoms with Crippen LogP contribution in [0.25, 0.3) is 0 Å². The van der Waals surface area contributed by atoms with Crippen LogP contribution in [0.3, 0.4) is 0 Å². The lowest BCUT2D eigenvalue weighted by Gasteiger charge is -2.46. The Hall–Kier alpha value is -2.59. The van der Waals surface area contributed by atoms with Crippen LogP contribution in [-0.2, 0) is 26.6 Å². The van der Waals surface area contributed by atoms with E-state index in [2.05, 4.69) is 21.8 Å². The maximum Gasteiger partial charge on any atom is 0.264 e. The van der Waals surface area contributed by atoms with Crippen molar-refractivity contribution in [1.82, 2.24) is 4.72 Å². The average molecular weight is 615 g/mol. The van der Waals surface area contributed by atoms with Crippen molar-refractivity contribution in [2.24, 2.45) is 11.8 Å². The van der Waals surface area contributed by atoms with Crippen LogP contribution >= 0.6 is 11.6 Å². The fraction of sp³-hybridized carbons (Fsp3) is 0.531. The van der Waals surface area contributed by atoms with Crippen LogP contribution in [-0.4, -0.2) is 64.2 Å². The largest absolute Gasteiger partial charge is 0.490 e. The summed E-state index contributed by atoms with van der Waals surface area (Å²) >= 11 is 6.39. The molecule has 2 aromatic rings. The molecule has 4 aliphatic rings. The highest BCUT2D eigenvalue weighted by molar-refractivity contribution is 7.90. The van der Waals surface area contributed by atoms with Crippen LogP contribution < -0.4 is 14.4 Å². The summed E-state index contributed by atoms with van der Waals surface area (Å²) in [6.07, 6.45) is 9.64. The van der Waals surface area contributed by atoms with Crippen LogP contribution in [0.2, 0.25) is 5.02 Å². The molecule has 8 nitrogen and oxygen atoms in total. The summed E-state index contributed by atoms with van der Waals surface area (Å²) in [6, 6.07) is 11.3. The van der Waals surface area contributed by atoms with Gasteiger partial charge in [-0.05, 0) is 98.2 Å². The monoisotopic (exact) mass is 614 g/mol. The summed E-state index contributed by atoms with van der Waals surface area (Å²) in [5.41, 5.74) is 3.30. The first-order valence-electron chi connectivity index (χ1n) is 14.9. The van der Waals surface area contributed by atoms with Gasteiger partial charge in [-0.3, -0.25) is 4.79 Å². The number of anilines is 1. The number of halogens is 1. The van der Waals surface area contributed by atoms with Crippen molar-refractivity contribution in [2.45, 2.75) is 61.7 Å². The van der Waals surface area contributed by atoms with Gasteiger partial charge in [0.25, 0.3) is 5.91 Å². The van der Waals surface area contributed by atoms with Crippen molar-refractivity contribution in [3.05, 3.63) is 70.3 Å². The number of sulfonamides is 1. The van der Waals surface area contributed by atoms with Gasteiger partial charge in [-0.25, -0.2) is 13.1 Å². The van der Waals surface area contributed by atoms with Crippen molar-refractivity contribution >= 4 is 33.2 Å². The van der Waals surface area contributed by atoms with E-state index >= 15 is 0 Å². The third kappa shape index (κ3) is 5.56. The summed E-state index contributed by atoms with van der Waals surface area (Å²) in [4.78, 5) is 15.6. The second-order valence-corrected chi connectivity index (χ2v) is 14.7. The summed E-state index contributed by atoms with van der Waals surface area (Å²) in [7, 11) is -2.38. The molecule has 2 aliphatic heterocycles. The van der Waals surface area contributed by atoms with Crippen LogP contribution in [0, 0.1) is 11.8 Å². The molecule has 0 unspecified atom stereocenters. The molecule has 1 fully saturated rings. The van der Waals surface area contributed by atoms with Gasteiger partial charge in [0.15, 0.2) is 0 Å². The normalized spacial score (nSPS) is 31.5. The highest BCUT2D eigenvalue weighted by Crippen LogP contribution is 2.47. The second kappa shape index (κ2) is 11.8. The van der Waals surface area contributed by atoms with Crippen LogP contribution in [0.15, 0.2) is 48.6 Å². The molecular formula is C32H39ClN2O6S. The van der Waals surface area contributed by atoms with Gasteiger partial charge >= 0.3 is 0 Å². The Morgan fingerprint density at radius 1 is 1.19 bits per heavy atom. The molecule has 5 atom stereocenters. The molecule has 2 heterocycles. The van der Waals surface area contributed by atoms with Crippen LogP contribution in [0.4, 0.5) is 5.69 Å². The molecule has 6 rings (SSSR count). The summed E-state index contributed by atoms with van der Waals surface area (Å²) in [6.45, 7) is 1.41. The number of hydrogen-bond donors (Lipinski definition) is 2. The van der Waals surface area contributed by atoms with Crippen molar-refractivity contribution in [3.8, 4) is 5.75 Å². The van der Waals surface area contributed by atoms with E-state index in [0.717, 1.165) is 49.4 Å². The van der Waals surface area contributed by atoms with E-state index in [9.17, 15) is 18.3 Å². The summed E-state index contributed by atoms with van der Waals surface area (Å²) < 4.78 is 40.8. The molecule has 2 N–H and O–H groups in total. The van der Waals surface area contributed by atoms with E-state index in [1.165, 1.54) is 11.1 Å². The number of amides is 1. The van der Waals surface area contributed by atoms with Gasteiger partial charge in [0.1, 0.15) is 11.0 Å². The molecule has 1 spiro atoms. The number of benzene rings is 2. The molecular weight excluding hydrogens is 576 g/mol. The number of aryl methyl sites for hydroxylation is 1. The Morgan fingerprint density at radius 2 is 2.05 bits per heavy atom. The van der Waals surface area contributed by atoms with Gasteiger partial charge in [-0.15, -0.1) is 0 Å².